The molecule has 0 unspecified atom stereocenters. The van der Waals surface area contributed by atoms with E-state index in [2.05, 4.69) is 124 Å². The molecule has 2 aliphatic rings. The van der Waals surface area contributed by atoms with Gasteiger partial charge < -0.3 is 24.8 Å². The van der Waals surface area contributed by atoms with Gasteiger partial charge in [-0.2, -0.15) is 29.8 Å². The van der Waals surface area contributed by atoms with Crippen molar-refractivity contribution in [3.63, 3.8) is 0 Å². The van der Waals surface area contributed by atoms with E-state index >= 15 is 0 Å². The molecule has 0 nitrogen and oxygen atoms in total. The van der Waals surface area contributed by atoms with Crippen LogP contribution in [-0.2, 0) is 37.1 Å². The molecule has 0 aromatic heterocycles. The average Bonchev–Trinajstić information content (AvgIpc) is 3.60. The molecule has 0 spiro atoms. The third-order valence-electron chi connectivity index (χ3n) is 6.39. The topological polar surface area (TPSA) is 0 Å². The van der Waals surface area contributed by atoms with Crippen LogP contribution < -0.4 is 24.8 Å². The van der Waals surface area contributed by atoms with Crippen LogP contribution in [0.4, 0.5) is 0 Å². The first kappa shape index (κ1) is 31.9. The van der Waals surface area contributed by atoms with Gasteiger partial charge >= 0.3 is 112 Å². The quantitative estimate of drug-likeness (QED) is 0.274. The molecule has 0 saturated carbocycles. The van der Waals surface area contributed by atoms with Crippen LogP contribution in [0.5, 0.6) is 0 Å². The summed E-state index contributed by atoms with van der Waals surface area (Å²) in [5, 5.41) is 0. The van der Waals surface area contributed by atoms with Crippen LogP contribution in [0.1, 0.15) is 52.3 Å². The summed E-state index contributed by atoms with van der Waals surface area (Å²) in [7, 11) is 0. The molecule has 0 amide bonds. The Labute approximate surface area is 256 Å². The Balaban J connectivity index is 0.000000216. The summed E-state index contributed by atoms with van der Waals surface area (Å²) < 4.78 is 1.43. The molecule has 0 radical (unpaired) electrons. The number of benzene rings is 4. The molecule has 4 aromatic carbocycles. The predicted molar refractivity (Wildman–Crippen MR) is 150 cm³/mol. The van der Waals surface area contributed by atoms with Gasteiger partial charge in [-0.1, -0.05) is 36.2 Å². The standard InChI is InChI=1S/C15H13.C15H14.C5H5.2ClH.Zr/c1-10-3-5-14-12(7-10)9-13-8-11(2)4-6-15(13)14;1-2-13-8-10-15(11-9-13)12-14-6-4-3-5-7-14;1-2-4-5-3-1;;;/h3-7H,9H2,1-2H3;3-11H,2H2,1H3;1-3H,4H2;2*1H;/q-1;;-1;;;+2/p-2. The van der Waals surface area contributed by atoms with Gasteiger partial charge in [0.05, 0.1) is 0 Å². The van der Waals surface area contributed by atoms with E-state index in [0.717, 1.165) is 19.3 Å². The number of rotatable bonds is 3. The van der Waals surface area contributed by atoms with E-state index in [4.69, 9.17) is 0 Å². The van der Waals surface area contributed by atoms with Gasteiger partial charge in [0, 0.05) is 0 Å². The molecule has 0 fully saturated rings. The zero-order valence-corrected chi connectivity index (χ0v) is 26.2. The SMILES string of the molecule is CCc1ccc([C](=[Zr+2])c2ccccc2)cc1.Cc1[c-]c2c(cc1)-c1ccc(C)cc1C2.[C-]1=CC=CC1.[Cl-].[Cl-]. The van der Waals surface area contributed by atoms with Gasteiger partial charge in [0.1, 0.15) is 0 Å². The second-order valence-corrected chi connectivity index (χ2v) is 10.4. The minimum Gasteiger partial charge on any atom is -1.00 e. The molecule has 2 aliphatic carbocycles. The maximum atomic E-state index is 3.45. The summed E-state index contributed by atoms with van der Waals surface area (Å²) in [6.45, 7) is 6.45. The Morgan fingerprint density at radius 2 is 1.50 bits per heavy atom. The molecule has 0 heterocycles. The van der Waals surface area contributed by atoms with E-state index < -0.39 is 0 Å². The fraction of sp³-hybridized carbons (Fsp3) is 0.171. The van der Waals surface area contributed by atoms with Crippen molar-refractivity contribution in [2.45, 2.75) is 40.0 Å². The molecule has 38 heavy (non-hydrogen) atoms. The van der Waals surface area contributed by atoms with E-state index in [-0.39, 0.29) is 24.8 Å². The molecule has 6 rings (SSSR count). The molecule has 0 N–H and O–H groups in total. The Kier molecular flexibility index (Phi) is 13.4. The molecule has 0 aliphatic heterocycles. The summed E-state index contributed by atoms with van der Waals surface area (Å²) in [6, 6.07) is 34.1. The zero-order valence-electron chi connectivity index (χ0n) is 22.2. The van der Waals surface area contributed by atoms with Gasteiger partial charge in [-0.05, 0) is 18.9 Å². The van der Waals surface area contributed by atoms with E-state index in [1.807, 2.05) is 12.2 Å². The van der Waals surface area contributed by atoms with Crippen LogP contribution in [0.3, 0.4) is 0 Å². The van der Waals surface area contributed by atoms with E-state index in [1.54, 1.807) is 0 Å². The number of aryl methyl sites for hydroxylation is 3. The largest absolute Gasteiger partial charge is 1.00 e. The van der Waals surface area contributed by atoms with Crippen LogP contribution in [0.2, 0.25) is 0 Å². The number of allylic oxidation sites excluding steroid dienone is 4. The number of hydrogen-bond acceptors (Lipinski definition) is 0. The second kappa shape index (κ2) is 15.9. The number of halogens is 2. The summed E-state index contributed by atoms with van der Waals surface area (Å²) in [5.74, 6) is 0. The summed E-state index contributed by atoms with van der Waals surface area (Å²) >= 11 is 1.47. The van der Waals surface area contributed by atoms with Gasteiger partial charge in [-0.25, -0.2) is 12.2 Å². The monoisotopic (exact) mass is 612 g/mol. The molecule has 4 aromatic rings. The third-order valence-corrected chi connectivity index (χ3v) is 7.81. The molecular formula is C35H32Cl2Zr-2. The summed E-state index contributed by atoms with van der Waals surface area (Å²) in [4.78, 5) is 0. The third kappa shape index (κ3) is 8.60. The molecular weight excluding hydrogens is 583 g/mol. The molecule has 0 atom stereocenters. The van der Waals surface area contributed by atoms with Crippen LogP contribution in [-0.4, -0.2) is 3.21 Å². The summed E-state index contributed by atoms with van der Waals surface area (Å²) in [5.41, 5.74) is 12.2. The van der Waals surface area contributed by atoms with Gasteiger partial charge in [0.25, 0.3) is 0 Å². The van der Waals surface area contributed by atoms with Gasteiger partial charge in [-0.15, -0.1) is 17.5 Å². The van der Waals surface area contributed by atoms with Crippen molar-refractivity contribution < 1.29 is 49.0 Å². The van der Waals surface area contributed by atoms with E-state index in [9.17, 15) is 0 Å². The smallest absolute Gasteiger partial charge is 0.0253 e. The molecule has 0 saturated heterocycles. The van der Waals surface area contributed by atoms with Crippen molar-refractivity contribution in [2.75, 3.05) is 0 Å². The zero-order chi connectivity index (χ0) is 25.3. The van der Waals surface area contributed by atoms with Crippen LogP contribution >= 0.6 is 0 Å². The van der Waals surface area contributed by atoms with Crippen molar-refractivity contribution in [3.05, 3.63) is 154 Å². The molecule has 0 bridgehead atoms. The first-order valence-electron chi connectivity index (χ1n) is 12.6. The second-order valence-electron chi connectivity index (χ2n) is 9.17. The number of fused-ring (bicyclic) bond motifs is 3. The van der Waals surface area contributed by atoms with Crippen LogP contribution in [0.15, 0.2) is 103 Å². The number of hydrogen-bond donors (Lipinski definition) is 0. The Hall–Kier alpha value is -2.31. The fourth-order valence-corrected chi connectivity index (χ4v) is 5.21. The van der Waals surface area contributed by atoms with Gasteiger partial charge in [0.15, 0.2) is 0 Å². The van der Waals surface area contributed by atoms with Crippen molar-refractivity contribution in [3.8, 4) is 11.1 Å². The average molecular weight is 615 g/mol. The van der Waals surface area contributed by atoms with Gasteiger partial charge in [0.2, 0.25) is 0 Å². The maximum absolute atomic E-state index is 3.45. The first-order chi connectivity index (χ1) is 17.5. The van der Waals surface area contributed by atoms with Crippen molar-refractivity contribution in [2.24, 2.45) is 0 Å². The fourth-order valence-electron chi connectivity index (χ4n) is 4.39. The minimum absolute atomic E-state index is 0. The summed E-state index contributed by atoms with van der Waals surface area (Å²) in [6.07, 6.45) is 12.2. The van der Waals surface area contributed by atoms with E-state index in [1.165, 1.54) is 77.5 Å². The van der Waals surface area contributed by atoms with Crippen LogP contribution in [0, 0.1) is 26.0 Å². The van der Waals surface area contributed by atoms with Crippen LogP contribution in [0.25, 0.3) is 11.1 Å². The normalized spacial score (nSPS) is 11.5. The van der Waals surface area contributed by atoms with Crippen molar-refractivity contribution in [1.29, 1.82) is 0 Å². The Morgan fingerprint density at radius 3 is 2.11 bits per heavy atom. The van der Waals surface area contributed by atoms with E-state index in [0.29, 0.717) is 0 Å². The Bertz CT molecular complexity index is 1320. The minimum atomic E-state index is 0. The predicted octanol–water partition coefficient (Wildman–Crippen LogP) is 2.35. The van der Waals surface area contributed by atoms with Gasteiger partial charge in [-0.3, -0.25) is 6.08 Å². The first-order valence-corrected chi connectivity index (χ1v) is 13.8. The molecule has 3 heteroatoms. The maximum Gasteiger partial charge on any atom is -0.0253 e. The Morgan fingerprint density at radius 1 is 0.816 bits per heavy atom. The van der Waals surface area contributed by atoms with Crippen molar-refractivity contribution in [1.82, 2.24) is 0 Å². The molecule has 192 valence electrons. The van der Waals surface area contributed by atoms with Crippen molar-refractivity contribution >= 4 is 3.21 Å².